The van der Waals surface area contributed by atoms with Gasteiger partial charge in [-0.05, 0) is 38.5 Å². The number of ether oxygens (including phenoxy) is 1. The standard InChI is InChI=1S/C15H21N3O/c1-11(2)19-14-6-4-5-13(9-14)12(3)18-10-15-16-7-8-17-15/h4-9,11-12,18H,10H2,1-3H3,(H,16,17). The number of imidazole rings is 1. The Bertz CT molecular complexity index is 494. The smallest absolute Gasteiger partial charge is 0.120 e. The molecule has 2 rings (SSSR count). The van der Waals surface area contributed by atoms with Gasteiger partial charge in [-0.15, -0.1) is 0 Å². The van der Waals surface area contributed by atoms with E-state index < -0.39 is 0 Å². The SMILES string of the molecule is CC(C)Oc1cccc(C(C)NCc2ncc[nH]2)c1. The van der Waals surface area contributed by atoms with Crippen molar-refractivity contribution in [2.45, 2.75) is 39.5 Å². The van der Waals surface area contributed by atoms with Gasteiger partial charge in [-0.2, -0.15) is 0 Å². The van der Waals surface area contributed by atoms with Crippen molar-refractivity contribution in [2.24, 2.45) is 0 Å². The van der Waals surface area contributed by atoms with E-state index in [1.807, 2.05) is 32.2 Å². The Morgan fingerprint density at radius 2 is 2.16 bits per heavy atom. The van der Waals surface area contributed by atoms with Crippen LogP contribution in [-0.4, -0.2) is 16.1 Å². The van der Waals surface area contributed by atoms with Gasteiger partial charge in [0.25, 0.3) is 0 Å². The van der Waals surface area contributed by atoms with Crippen LogP contribution in [0.4, 0.5) is 0 Å². The van der Waals surface area contributed by atoms with E-state index in [4.69, 9.17) is 4.74 Å². The number of benzene rings is 1. The maximum atomic E-state index is 5.71. The molecule has 1 aromatic carbocycles. The van der Waals surface area contributed by atoms with Crippen molar-refractivity contribution >= 4 is 0 Å². The minimum atomic E-state index is 0.196. The molecule has 0 aliphatic carbocycles. The van der Waals surface area contributed by atoms with Gasteiger partial charge in [0.05, 0.1) is 12.6 Å². The maximum absolute atomic E-state index is 5.71. The third-order valence-electron chi connectivity index (χ3n) is 2.86. The number of rotatable bonds is 6. The lowest BCUT2D eigenvalue weighted by Crippen LogP contribution is -2.19. The highest BCUT2D eigenvalue weighted by Gasteiger charge is 2.07. The van der Waals surface area contributed by atoms with Crippen molar-refractivity contribution in [3.05, 3.63) is 48.0 Å². The van der Waals surface area contributed by atoms with Crippen LogP contribution < -0.4 is 10.1 Å². The first-order valence-corrected chi connectivity index (χ1v) is 6.63. The van der Waals surface area contributed by atoms with Gasteiger partial charge in [0.1, 0.15) is 11.6 Å². The van der Waals surface area contributed by atoms with Crippen molar-refractivity contribution < 1.29 is 4.74 Å². The molecule has 0 bridgehead atoms. The second-order valence-corrected chi connectivity index (χ2v) is 4.88. The lowest BCUT2D eigenvalue weighted by Gasteiger charge is -2.16. The minimum Gasteiger partial charge on any atom is -0.491 e. The van der Waals surface area contributed by atoms with E-state index in [1.165, 1.54) is 5.56 Å². The summed E-state index contributed by atoms with van der Waals surface area (Å²) in [4.78, 5) is 7.28. The second-order valence-electron chi connectivity index (χ2n) is 4.88. The van der Waals surface area contributed by atoms with Crippen LogP contribution in [-0.2, 0) is 6.54 Å². The van der Waals surface area contributed by atoms with Crippen LogP contribution in [0.2, 0.25) is 0 Å². The van der Waals surface area contributed by atoms with E-state index in [9.17, 15) is 0 Å². The summed E-state index contributed by atoms with van der Waals surface area (Å²) >= 11 is 0. The summed E-state index contributed by atoms with van der Waals surface area (Å²) in [5.41, 5.74) is 1.21. The van der Waals surface area contributed by atoms with Crippen LogP contribution in [0.25, 0.3) is 0 Å². The zero-order valence-corrected chi connectivity index (χ0v) is 11.7. The van der Waals surface area contributed by atoms with Gasteiger partial charge in [-0.3, -0.25) is 0 Å². The zero-order valence-electron chi connectivity index (χ0n) is 11.7. The highest BCUT2D eigenvalue weighted by atomic mass is 16.5. The summed E-state index contributed by atoms with van der Waals surface area (Å²) in [5.74, 6) is 1.86. The molecule has 1 heterocycles. The van der Waals surface area contributed by atoms with E-state index >= 15 is 0 Å². The number of H-pyrrole nitrogens is 1. The first kappa shape index (κ1) is 13.6. The fourth-order valence-corrected chi connectivity index (χ4v) is 1.89. The highest BCUT2D eigenvalue weighted by molar-refractivity contribution is 5.30. The summed E-state index contributed by atoms with van der Waals surface area (Å²) in [6.45, 7) is 6.93. The Kier molecular flexibility index (Phi) is 4.58. The molecule has 4 nitrogen and oxygen atoms in total. The van der Waals surface area contributed by atoms with Gasteiger partial charge in [0.2, 0.25) is 0 Å². The molecule has 2 aromatic rings. The number of hydrogen-bond donors (Lipinski definition) is 2. The minimum absolute atomic E-state index is 0.196. The molecule has 0 fully saturated rings. The van der Waals surface area contributed by atoms with E-state index in [-0.39, 0.29) is 12.1 Å². The predicted octanol–water partition coefficient (Wildman–Crippen LogP) is 3.05. The normalized spacial score (nSPS) is 12.6. The third kappa shape index (κ3) is 4.10. The topological polar surface area (TPSA) is 49.9 Å². The van der Waals surface area contributed by atoms with E-state index in [2.05, 4.69) is 34.3 Å². The van der Waals surface area contributed by atoms with Crippen molar-refractivity contribution in [1.82, 2.24) is 15.3 Å². The summed E-state index contributed by atoms with van der Waals surface area (Å²) in [6.07, 6.45) is 3.79. The monoisotopic (exact) mass is 259 g/mol. The molecule has 1 aromatic heterocycles. The van der Waals surface area contributed by atoms with Crippen LogP contribution >= 0.6 is 0 Å². The molecular formula is C15H21N3O. The summed E-state index contributed by atoms with van der Waals surface area (Å²) in [6, 6.07) is 8.45. The number of aromatic nitrogens is 2. The van der Waals surface area contributed by atoms with E-state index in [0.29, 0.717) is 0 Å². The fraction of sp³-hybridized carbons (Fsp3) is 0.400. The molecule has 0 saturated carbocycles. The lowest BCUT2D eigenvalue weighted by atomic mass is 10.1. The van der Waals surface area contributed by atoms with Crippen molar-refractivity contribution in [3.63, 3.8) is 0 Å². The van der Waals surface area contributed by atoms with Crippen LogP contribution in [0.15, 0.2) is 36.7 Å². The Hall–Kier alpha value is -1.81. The molecule has 0 spiro atoms. The van der Waals surface area contributed by atoms with E-state index in [1.54, 1.807) is 6.20 Å². The van der Waals surface area contributed by atoms with Crippen LogP contribution in [0.5, 0.6) is 5.75 Å². The average molecular weight is 259 g/mol. The fourth-order valence-electron chi connectivity index (χ4n) is 1.89. The lowest BCUT2D eigenvalue weighted by molar-refractivity contribution is 0.242. The zero-order chi connectivity index (χ0) is 13.7. The number of nitrogens with one attached hydrogen (secondary N) is 2. The summed E-state index contributed by atoms with van der Waals surface area (Å²) < 4.78 is 5.71. The molecular weight excluding hydrogens is 238 g/mol. The van der Waals surface area contributed by atoms with Crippen LogP contribution in [0, 0.1) is 0 Å². The Labute approximate surface area is 114 Å². The van der Waals surface area contributed by atoms with Gasteiger partial charge in [-0.25, -0.2) is 4.98 Å². The van der Waals surface area contributed by atoms with Gasteiger partial charge in [0.15, 0.2) is 0 Å². The molecule has 2 N–H and O–H groups in total. The van der Waals surface area contributed by atoms with Crippen molar-refractivity contribution in [2.75, 3.05) is 0 Å². The molecule has 0 amide bonds. The molecule has 1 unspecified atom stereocenters. The molecule has 4 heteroatoms. The highest BCUT2D eigenvalue weighted by Crippen LogP contribution is 2.20. The largest absolute Gasteiger partial charge is 0.491 e. The van der Waals surface area contributed by atoms with Gasteiger partial charge in [-0.1, -0.05) is 12.1 Å². The van der Waals surface area contributed by atoms with E-state index in [0.717, 1.165) is 18.1 Å². The van der Waals surface area contributed by atoms with Gasteiger partial charge >= 0.3 is 0 Å². The molecule has 19 heavy (non-hydrogen) atoms. The Morgan fingerprint density at radius 3 is 2.84 bits per heavy atom. The van der Waals surface area contributed by atoms with Crippen molar-refractivity contribution in [3.8, 4) is 5.75 Å². The number of nitrogens with zero attached hydrogens (tertiary/aromatic N) is 1. The summed E-state index contributed by atoms with van der Waals surface area (Å²) in [7, 11) is 0. The molecule has 1 atom stereocenters. The van der Waals surface area contributed by atoms with Crippen molar-refractivity contribution in [1.29, 1.82) is 0 Å². The molecule has 102 valence electrons. The molecule has 0 aliphatic rings. The maximum Gasteiger partial charge on any atom is 0.120 e. The Balaban J connectivity index is 1.96. The first-order valence-electron chi connectivity index (χ1n) is 6.63. The van der Waals surface area contributed by atoms with Crippen LogP contribution in [0.1, 0.15) is 38.2 Å². The quantitative estimate of drug-likeness (QED) is 0.838. The molecule has 0 aliphatic heterocycles. The average Bonchev–Trinajstić information content (AvgIpc) is 2.88. The Morgan fingerprint density at radius 1 is 1.32 bits per heavy atom. The second kappa shape index (κ2) is 6.38. The first-order chi connectivity index (χ1) is 9.15. The molecule has 0 saturated heterocycles. The third-order valence-corrected chi connectivity index (χ3v) is 2.86. The van der Waals surface area contributed by atoms with Crippen LogP contribution in [0.3, 0.4) is 0 Å². The molecule has 0 radical (unpaired) electrons. The number of aromatic amines is 1. The van der Waals surface area contributed by atoms with Gasteiger partial charge in [0, 0.05) is 18.4 Å². The van der Waals surface area contributed by atoms with Gasteiger partial charge < -0.3 is 15.0 Å². The predicted molar refractivity (Wildman–Crippen MR) is 76.0 cm³/mol. The summed E-state index contributed by atoms with van der Waals surface area (Å²) in [5, 5.41) is 3.43. The number of hydrogen-bond acceptors (Lipinski definition) is 3.